The number of hydrogen-bond donors (Lipinski definition) is 2. The third kappa shape index (κ3) is 3.24. The predicted molar refractivity (Wildman–Crippen MR) is 93.2 cm³/mol. The molecule has 1 amide bonds. The van der Waals surface area contributed by atoms with Crippen molar-refractivity contribution < 1.29 is 4.79 Å². The highest BCUT2D eigenvalue weighted by molar-refractivity contribution is 6.05. The van der Waals surface area contributed by atoms with Crippen molar-refractivity contribution in [2.24, 2.45) is 13.0 Å². The molecule has 2 N–H and O–H groups in total. The number of amides is 1. The second-order valence-corrected chi connectivity index (χ2v) is 6.32. The fourth-order valence-electron chi connectivity index (χ4n) is 2.51. The van der Waals surface area contributed by atoms with Crippen LogP contribution in [0.3, 0.4) is 0 Å². The van der Waals surface area contributed by atoms with E-state index in [0.29, 0.717) is 22.8 Å². The molecule has 0 saturated carbocycles. The number of carbonyl (C=O) groups is 1. The van der Waals surface area contributed by atoms with Gasteiger partial charge in [-0.3, -0.25) is 14.0 Å². The van der Waals surface area contributed by atoms with Crippen LogP contribution in [0.1, 0.15) is 30.6 Å². The normalized spacial score (nSPS) is 11.3. The molecule has 0 saturated heterocycles. The Labute approximate surface area is 139 Å². The Hall–Kier alpha value is -2.83. The maximum Gasteiger partial charge on any atom is 0.326 e. The van der Waals surface area contributed by atoms with Crippen molar-refractivity contribution in [1.82, 2.24) is 19.3 Å². The molecule has 0 atom stereocenters. The molecular formula is C17H21N5O2. The minimum atomic E-state index is -0.254. The summed E-state index contributed by atoms with van der Waals surface area (Å²) in [5.41, 5.74) is 1.67. The maximum absolute atomic E-state index is 12.4. The summed E-state index contributed by atoms with van der Waals surface area (Å²) in [6.45, 7) is 5.15. The molecule has 3 aromatic rings. The number of rotatable bonds is 5. The molecule has 2 aromatic heterocycles. The fraction of sp³-hybridized carbons (Fsp3) is 0.353. The number of aromatic amines is 1. The van der Waals surface area contributed by atoms with Gasteiger partial charge in [-0.15, -0.1) is 0 Å². The fourth-order valence-corrected chi connectivity index (χ4v) is 2.51. The van der Waals surface area contributed by atoms with E-state index in [2.05, 4.69) is 29.2 Å². The molecule has 0 aliphatic rings. The Morgan fingerprint density at radius 2 is 2.12 bits per heavy atom. The highest BCUT2D eigenvalue weighted by Crippen LogP contribution is 2.14. The largest absolute Gasteiger partial charge is 0.326 e. The Morgan fingerprint density at radius 1 is 1.33 bits per heavy atom. The zero-order valence-corrected chi connectivity index (χ0v) is 14.0. The van der Waals surface area contributed by atoms with Gasteiger partial charge in [-0.2, -0.15) is 5.10 Å². The molecule has 1 aromatic carbocycles. The molecule has 0 fully saturated rings. The Morgan fingerprint density at radius 3 is 2.88 bits per heavy atom. The van der Waals surface area contributed by atoms with Crippen molar-refractivity contribution >= 4 is 22.8 Å². The van der Waals surface area contributed by atoms with Crippen LogP contribution in [0.4, 0.5) is 5.82 Å². The van der Waals surface area contributed by atoms with Crippen LogP contribution in [0.2, 0.25) is 0 Å². The van der Waals surface area contributed by atoms with E-state index in [4.69, 9.17) is 0 Å². The number of nitrogens with one attached hydrogen (secondary N) is 2. The van der Waals surface area contributed by atoms with E-state index in [0.717, 1.165) is 18.5 Å². The van der Waals surface area contributed by atoms with E-state index >= 15 is 0 Å². The lowest BCUT2D eigenvalue weighted by atomic mass is 10.1. The minimum absolute atomic E-state index is 0.202. The summed E-state index contributed by atoms with van der Waals surface area (Å²) in [4.78, 5) is 26.7. The van der Waals surface area contributed by atoms with E-state index in [1.165, 1.54) is 4.57 Å². The smallest absolute Gasteiger partial charge is 0.306 e. The van der Waals surface area contributed by atoms with Crippen molar-refractivity contribution in [3.63, 3.8) is 0 Å². The van der Waals surface area contributed by atoms with E-state index in [-0.39, 0.29) is 11.6 Å². The number of carbonyl (C=O) groups excluding carboxylic acids is 1. The van der Waals surface area contributed by atoms with Gasteiger partial charge in [0.15, 0.2) is 5.82 Å². The van der Waals surface area contributed by atoms with Gasteiger partial charge in [-0.25, -0.2) is 4.79 Å². The number of benzene rings is 1. The summed E-state index contributed by atoms with van der Waals surface area (Å²) in [5, 5.41) is 7.13. The molecule has 24 heavy (non-hydrogen) atoms. The van der Waals surface area contributed by atoms with Gasteiger partial charge in [0.1, 0.15) is 0 Å². The van der Waals surface area contributed by atoms with Crippen LogP contribution in [-0.2, 0) is 13.6 Å². The summed E-state index contributed by atoms with van der Waals surface area (Å²) < 4.78 is 3.33. The van der Waals surface area contributed by atoms with Crippen LogP contribution in [-0.4, -0.2) is 25.2 Å². The average molecular weight is 327 g/mol. The van der Waals surface area contributed by atoms with Gasteiger partial charge in [0.25, 0.3) is 5.91 Å². The Balaban J connectivity index is 1.74. The van der Waals surface area contributed by atoms with Crippen LogP contribution >= 0.6 is 0 Å². The second kappa shape index (κ2) is 6.35. The zero-order chi connectivity index (χ0) is 17.3. The van der Waals surface area contributed by atoms with Crippen molar-refractivity contribution in [1.29, 1.82) is 0 Å². The van der Waals surface area contributed by atoms with Crippen molar-refractivity contribution in [2.75, 3.05) is 5.32 Å². The van der Waals surface area contributed by atoms with Crippen molar-refractivity contribution in [3.05, 3.63) is 46.5 Å². The summed E-state index contributed by atoms with van der Waals surface area (Å²) in [6.07, 6.45) is 2.89. The van der Waals surface area contributed by atoms with Gasteiger partial charge < -0.3 is 10.3 Å². The first-order valence-corrected chi connectivity index (χ1v) is 7.97. The van der Waals surface area contributed by atoms with Gasteiger partial charge >= 0.3 is 5.69 Å². The van der Waals surface area contributed by atoms with E-state index in [1.807, 2.05) is 10.9 Å². The lowest BCUT2D eigenvalue weighted by molar-refractivity contribution is 0.102. The highest BCUT2D eigenvalue weighted by Gasteiger charge is 2.11. The van der Waals surface area contributed by atoms with Gasteiger partial charge in [-0.1, -0.05) is 13.8 Å². The molecule has 126 valence electrons. The second-order valence-electron chi connectivity index (χ2n) is 6.32. The van der Waals surface area contributed by atoms with E-state index in [1.54, 1.807) is 31.3 Å². The third-order valence-corrected chi connectivity index (χ3v) is 3.98. The van der Waals surface area contributed by atoms with Crippen LogP contribution in [0.15, 0.2) is 35.3 Å². The average Bonchev–Trinajstić information content (AvgIpc) is 3.10. The minimum Gasteiger partial charge on any atom is -0.306 e. The number of fused-ring (bicyclic) bond motifs is 1. The Bertz CT molecular complexity index is 932. The molecule has 7 nitrogen and oxygen atoms in total. The Kier molecular flexibility index (Phi) is 4.24. The first kappa shape index (κ1) is 16.0. The molecule has 7 heteroatoms. The molecular weight excluding hydrogens is 306 g/mol. The number of nitrogens with zero attached hydrogens (tertiary/aromatic N) is 3. The van der Waals surface area contributed by atoms with E-state index < -0.39 is 0 Å². The topological polar surface area (TPSA) is 84.7 Å². The maximum atomic E-state index is 12.4. The number of hydrogen-bond acceptors (Lipinski definition) is 3. The summed E-state index contributed by atoms with van der Waals surface area (Å²) in [6, 6.07) is 6.90. The number of H-pyrrole nitrogens is 1. The van der Waals surface area contributed by atoms with Gasteiger partial charge in [0.2, 0.25) is 0 Å². The van der Waals surface area contributed by atoms with Crippen molar-refractivity contribution in [2.45, 2.75) is 26.8 Å². The molecule has 0 bridgehead atoms. The number of imidazole rings is 1. The van der Waals surface area contributed by atoms with Gasteiger partial charge in [0, 0.05) is 31.4 Å². The van der Waals surface area contributed by atoms with E-state index in [9.17, 15) is 9.59 Å². The SMILES string of the molecule is CC(C)CCn1ccc(NC(=O)c2ccc3c(c2)[nH]c(=O)n3C)n1. The lowest BCUT2D eigenvalue weighted by Gasteiger charge is -2.05. The summed E-state index contributed by atoms with van der Waals surface area (Å²) in [7, 11) is 1.69. The van der Waals surface area contributed by atoms with Crippen LogP contribution in [0.25, 0.3) is 11.0 Å². The molecule has 0 radical (unpaired) electrons. The quantitative estimate of drug-likeness (QED) is 0.754. The van der Waals surface area contributed by atoms with Gasteiger partial charge in [-0.05, 0) is 30.5 Å². The van der Waals surface area contributed by atoms with Crippen LogP contribution in [0, 0.1) is 5.92 Å². The molecule has 3 rings (SSSR count). The summed E-state index contributed by atoms with van der Waals surface area (Å²) in [5.74, 6) is 0.869. The molecule has 0 unspecified atom stereocenters. The highest BCUT2D eigenvalue weighted by atomic mass is 16.2. The van der Waals surface area contributed by atoms with Crippen LogP contribution < -0.4 is 11.0 Å². The first-order valence-electron chi connectivity index (χ1n) is 7.97. The molecule has 2 heterocycles. The molecule has 0 aliphatic heterocycles. The number of anilines is 1. The number of aryl methyl sites for hydroxylation is 2. The molecule has 0 aliphatic carbocycles. The van der Waals surface area contributed by atoms with Crippen LogP contribution in [0.5, 0.6) is 0 Å². The predicted octanol–water partition coefficient (Wildman–Crippen LogP) is 2.36. The number of aromatic nitrogens is 4. The van der Waals surface area contributed by atoms with Crippen molar-refractivity contribution in [3.8, 4) is 0 Å². The summed E-state index contributed by atoms with van der Waals surface area (Å²) >= 11 is 0. The zero-order valence-electron chi connectivity index (χ0n) is 14.0. The standard InChI is InChI=1S/C17H21N5O2/c1-11(2)6-8-22-9-7-15(20-22)19-16(23)12-4-5-14-13(10-12)18-17(24)21(14)3/h4-5,7,9-11H,6,8H2,1-3H3,(H,18,24)(H,19,20,23). The first-order chi connectivity index (χ1) is 11.4. The van der Waals surface area contributed by atoms with Gasteiger partial charge in [0.05, 0.1) is 11.0 Å². The molecule has 0 spiro atoms. The lowest BCUT2D eigenvalue weighted by Crippen LogP contribution is -2.13. The third-order valence-electron chi connectivity index (χ3n) is 3.98. The monoisotopic (exact) mass is 327 g/mol.